The van der Waals surface area contributed by atoms with Crippen molar-refractivity contribution < 1.29 is 9.53 Å². The largest absolute Gasteiger partial charge is 0.495 e. The van der Waals surface area contributed by atoms with Crippen molar-refractivity contribution in [1.29, 1.82) is 0 Å². The van der Waals surface area contributed by atoms with Crippen LogP contribution in [0, 0.1) is 0 Å². The van der Waals surface area contributed by atoms with E-state index in [1.54, 1.807) is 42.3 Å². The van der Waals surface area contributed by atoms with Gasteiger partial charge in [0.15, 0.2) is 0 Å². The van der Waals surface area contributed by atoms with Crippen molar-refractivity contribution >= 4 is 34.8 Å². The summed E-state index contributed by atoms with van der Waals surface area (Å²) in [4.78, 5) is 13.8. The molecule has 4 nitrogen and oxygen atoms in total. The summed E-state index contributed by atoms with van der Waals surface area (Å²) in [6.45, 7) is 0. The molecule has 1 aliphatic heterocycles. The standard InChI is InChI=1S/C16H14Cl2N2O2/c1-22-13-7-6-11(8-12(13)18)20-15(14(19)16(20)21)9-2-4-10(17)5-3-9/h2-8,14-15H,19H2,1H3/t14-,15-/m0/s1. The number of hydrogen-bond acceptors (Lipinski definition) is 3. The van der Waals surface area contributed by atoms with Gasteiger partial charge in [-0.05, 0) is 35.9 Å². The predicted molar refractivity (Wildman–Crippen MR) is 87.7 cm³/mol. The van der Waals surface area contributed by atoms with Crippen LogP contribution in [0.4, 0.5) is 5.69 Å². The minimum atomic E-state index is -0.568. The highest BCUT2D eigenvalue weighted by Gasteiger charge is 2.46. The van der Waals surface area contributed by atoms with Crippen LogP contribution in [0.25, 0.3) is 0 Å². The number of nitrogens with two attached hydrogens (primary N) is 1. The van der Waals surface area contributed by atoms with Gasteiger partial charge >= 0.3 is 0 Å². The zero-order valence-corrected chi connectivity index (χ0v) is 13.3. The quantitative estimate of drug-likeness (QED) is 0.873. The van der Waals surface area contributed by atoms with Gasteiger partial charge < -0.3 is 15.4 Å². The Kier molecular flexibility index (Phi) is 4.00. The molecule has 2 aromatic rings. The van der Waals surface area contributed by atoms with Crippen LogP contribution in [0.1, 0.15) is 11.6 Å². The fraction of sp³-hybridized carbons (Fsp3) is 0.188. The number of β-lactam (4-membered cyclic amide) rings is 1. The van der Waals surface area contributed by atoms with Crippen molar-refractivity contribution in [1.82, 2.24) is 0 Å². The second-order valence-corrected chi connectivity index (χ2v) is 5.89. The van der Waals surface area contributed by atoms with Crippen LogP contribution in [0.2, 0.25) is 10.0 Å². The number of amides is 1. The van der Waals surface area contributed by atoms with Gasteiger partial charge in [-0.15, -0.1) is 0 Å². The number of ether oxygens (including phenoxy) is 1. The van der Waals surface area contributed by atoms with Crippen LogP contribution in [0.3, 0.4) is 0 Å². The maximum absolute atomic E-state index is 12.2. The van der Waals surface area contributed by atoms with Crippen molar-refractivity contribution in [2.45, 2.75) is 12.1 Å². The molecule has 2 atom stereocenters. The first-order valence-corrected chi connectivity index (χ1v) is 7.46. The van der Waals surface area contributed by atoms with E-state index in [4.69, 9.17) is 33.7 Å². The van der Waals surface area contributed by atoms with Crippen molar-refractivity contribution in [2.24, 2.45) is 5.73 Å². The molecular formula is C16H14Cl2N2O2. The normalized spacial score (nSPS) is 20.7. The summed E-state index contributed by atoms with van der Waals surface area (Å²) >= 11 is 12.0. The van der Waals surface area contributed by atoms with Gasteiger partial charge in [-0.2, -0.15) is 0 Å². The van der Waals surface area contributed by atoms with Gasteiger partial charge in [0.05, 0.1) is 18.2 Å². The van der Waals surface area contributed by atoms with Crippen LogP contribution in [-0.2, 0) is 4.79 Å². The molecule has 6 heteroatoms. The van der Waals surface area contributed by atoms with E-state index in [2.05, 4.69) is 0 Å². The first-order valence-electron chi connectivity index (χ1n) is 6.70. The number of halogens is 2. The minimum Gasteiger partial charge on any atom is -0.495 e. The SMILES string of the molecule is COc1ccc(N2C(=O)[C@@H](N)[C@@H]2c2ccc(Cl)cc2)cc1Cl. The van der Waals surface area contributed by atoms with Gasteiger partial charge in [0.2, 0.25) is 5.91 Å². The van der Waals surface area contributed by atoms with Gasteiger partial charge in [-0.3, -0.25) is 4.79 Å². The van der Waals surface area contributed by atoms with Gasteiger partial charge in [-0.25, -0.2) is 0 Å². The number of carbonyl (C=O) groups is 1. The molecule has 1 fully saturated rings. The van der Waals surface area contributed by atoms with Crippen LogP contribution >= 0.6 is 23.2 Å². The molecule has 1 saturated heterocycles. The summed E-state index contributed by atoms with van der Waals surface area (Å²) in [5.74, 6) is 0.423. The molecule has 0 spiro atoms. The molecule has 1 aliphatic rings. The maximum atomic E-state index is 12.2. The van der Waals surface area contributed by atoms with E-state index in [1.807, 2.05) is 12.1 Å². The molecule has 2 N–H and O–H groups in total. The lowest BCUT2D eigenvalue weighted by molar-refractivity contribution is -0.126. The Hall–Kier alpha value is -1.75. The van der Waals surface area contributed by atoms with E-state index >= 15 is 0 Å². The molecule has 3 rings (SSSR count). The van der Waals surface area contributed by atoms with Gasteiger partial charge in [-0.1, -0.05) is 35.3 Å². The highest BCUT2D eigenvalue weighted by atomic mass is 35.5. The summed E-state index contributed by atoms with van der Waals surface area (Å²) < 4.78 is 5.13. The number of rotatable bonds is 3. The van der Waals surface area contributed by atoms with E-state index in [-0.39, 0.29) is 11.9 Å². The maximum Gasteiger partial charge on any atom is 0.247 e. The number of anilines is 1. The molecule has 0 radical (unpaired) electrons. The molecule has 1 heterocycles. The number of nitrogens with zero attached hydrogens (tertiary/aromatic N) is 1. The molecule has 1 amide bonds. The van der Waals surface area contributed by atoms with Crippen molar-refractivity contribution in [3.63, 3.8) is 0 Å². The molecule has 22 heavy (non-hydrogen) atoms. The number of benzene rings is 2. The third-order valence-electron chi connectivity index (χ3n) is 3.77. The van der Waals surface area contributed by atoms with Crippen molar-refractivity contribution in [3.05, 3.63) is 58.1 Å². The molecule has 0 unspecified atom stereocenters. The molecular weight excluding hydrogens is 323 g/mol. The Morgan fingerprint density at radius 2 is 1.82 bits per heavy atom. The zero-order valence-electron chi connectivity index (χ0n) is 11.8. The summed E-state index contributed by atoms with van der Waals surface area (Å²) in [7, 11) is 1.54. The molecule has 0 aromatic heterocycles. The van der Waals surface area contributed by atoms with Crippen molar-refractivity contribution in [2.75, 3.05) is 12.0 Å². The first-order chi connectivity index (χ1) is 10.5. The lowest BCUT2D eigenvalue weighted by atomic mass is 9.88. The summed E-state index contributed by atoms with van der Waals surface area (Å²) in [5, 5.41) is 1.09. The molecule has 2 aromatic carbocycles. The minimum absolute atomic E-state index is 0.138. The average Bonchev–Trinajstić information content (AvgIpc) is 2.52. The Bertz CT molecular complexity index is 719. The van der Waals surface area contributed by atoms with E-state index in [1.165, 1.54) is 0 Å². The third kappa shape index (κ3) is 2.43. The highest BCUT2D eigenvalue weighted by molar-refractivity contribution is 6.32. The third-order valence-corrected chi connectivity index (χ3v) is 4.31. The second-order valence-electron chi connectivity index (χ2n) is 5.05. The van der Waals surface area contributed by atoms with E-state index in [9.17, 15) is 4.79 Å². The zero-order chi connectivity index (χ0) is 15.9. The number of methoxy groups -OCH3 is 1. The molecule has 114 valence electrons. The first kappa shape index (κ1) is 15.2. The Balaban J connectivity index is 1.96. The van der Waals surface area contributed by atoms with E-state index < -0.39 is 6.04 Å². The lowest BCUT2D eigenvalue weighted by Gasteiger charge is -2.45. The van der Waals surface area contributed by atoms with Crippen LogP contribution in [-0.4, -0.2) is 19.1 Å². The smallest absolute Gasteiger partial charge is 0.247 e. The Morgan fingerprint density at radius 1 is 1.14 bits per heavy atom. The fourth-order valence-corrected chi connectivity index (χ4v) is 3.00. The second kappa shape index (κ2) is 5.80. The highest BCUT2D eigenvalue weighted by Crippen LogP contribution is 2.40. The van der Waals surface area contributed by atoms with Crippen molar-refractivity contribution in [3.8, 4) is 5.75 Å². The van der Waals surface area contributed by atoms with Crippen LogP contribution in [0.5, 0.6) is 5.75 Å². The Morgan fingerprint density at radius 3 is 2.41 bits per heavy atom. The number of hydrogen-bond donors (Lipinski definition) is 1. The predicted octanol–water partition coefficient (Wildman–Crippen LogP) is 3.42. The number of carbonyl (C=O) groups excluding carboxylic acids is 1. The molecule has 0 aliphatic carbocycles. The fourth-order valence-electron chi connectivity index (χ4n) is 2.62. The van der Waals surface area contributed by atoms with E-state index in [0.29, 0.717) is 21.5 Å². The monoisotopic (exact) mass is 336 g/mol. The van der Waals surface area contributed by atoms with Gasteiger partial charge in [0.1, 0.15) is 11.8 Å². The van der Waals surface area contributed by atoms with Crippen LogP contribution < -0.4 is 15.4 Å². The lowest BCUT2D eigenvalue weighted by Crippen LogP contribution is -2.63. The van der Waals surface area contributed by atoms with Gasteiger partial charge in [0.25, 0.3) is 0 Å². The summed E-state index contributed by atoms with van der Waals surface area (Å²) in [6.07, 6.45) is 0. The molecule has 0 bridgehead atoms. The van der Waals surface area contributed by atoms with E-state index in [0.717, 1.165) is 5.56 Å². The topological polar surface area (TPSA) is 55.6 Å². The molecule has 0 saturated carbocycles. The van der Waals surface area contributed by atoms with Crippen LogP contribution in [0.15, 0.2) is 42.5 Å². The van der Waals surface area contributed by atoms with Gasteiger partial charge in [0, 0.05) is 10.7 Å². The average molecular weight is 337 g/mol. The summed E-state index contributed by atoms with van der Waals surface area (Å²) in [5.41, 5.74) is 7.60. The Labute approximate surface area is 138 Å². The summed E-state index contributed by atoms with van der Waals surface area (Å²) in [6, 6.07) is 11.7.